The van der Waals surface area contributed by atoms with Gasteiger partial charge in [0.25, 0.3) is 0 Å². The van der Waals surface area contributed by atoms with Crippen LogP contribution in [0.4, 0.5) is 0 Å². The van der Waals surface area contributed by atoms with Crippen molar-refractivity contribution in [3.05, 3.63) is 54.6 Å². The number of β-amino-alcohol motifs (C(OH)–C–C–N with tert-alkyl or cyclic N) is 1. The Morgan fingerprint density at radius 2 is 1.77 bits per heavy atom. The van der Waals surface area contributed by atoms with E-state index >= 15 is 0 Å². The molecule has 1 aliphatic heterocycles. The predicted octanol–water partition coefficient (Wildman–Crippen LogP) is 3.91. The number of phenols is 1. The van der Waals surface area contributed by atoms with E-state index in [4.69, 9.17) is 9.47 Å². The van der Waals surface area contributed by atoms with Crippen LogP contribution in [0, 0.1) is 11.8 Å². The van der Waals surface area contributed by atoms with Crippen molar-refractivity contribution in [3.8, 4) is 28.4 Å². The second kappa shape index (κ2) is 7.82. The summed E-state index contributed by atoms with van der Waals surface area (Å²) < 4.78 is 11.4. The van der Waals surface area contributed by atoms with Crippen molar-refractivity contribution in [1.82, 2.24) is 4.90 Å². The van der Waals surface area contributed by atoms with E-state index in [-0.39, 0.29) is 12.4 Å². The minimum atomic E-state index is -0.511. The average Bonchev–Trinajstić information content (AvgIpc) is 3.38. The molecular weight excluding hydrogens is 378 g/mol. The van der Waals surface area contributed by atoms with Gasteiger partial charge in [0.1, 0.15) is 30.0 Å². The lowest BCUT2D eigenvalue weighted by atomic mass is 9.97. The van der Waals surface area contributed by atoms with E-state index in [1.54, 1.807) is 19.2 Å². The molecule has 0 bridgehead atoms. The lowest BCUT2D eigenvalue weighted by Gasteiger charge is -2.22. The van der Waals surface area contributed by atoms with Gasteiger partial charge in [0, 0.05) is 30.6 Å². The van der Waals surface area contributed by atoms with Gasteiger partial charge in [-0.1, -0.05) is 24.3 Å². The Hall–Kier alpha value is -2.76. The van der Waals surface area contributed by atoms with Crippen molar-refractivity contribution < 1.29 is 19.7 Å². The number of methoxy groups -OCH3 is 1. The highest BCUT2D eigenvalue weighted by Crippen LogP contribution is 2.45. The Morgan fingerprint density at radius 1 is 1.00 bits per heavy atom. The molecule has 1 saturated carbocycles. The molecule has 0 aromatic heterocycles. The molecular formula is C25H27NO4. The number of ether oxygens (including phenoxy) is 2. The van der Waals surface area contributed by atoms with Crippen LogP contribution in [0.2, 0.25) is 0 Å². The minimum Gasteiger partial charge on any atom is -0.507 e. The summed E-state index contributed by atoms with van der Waals surface area (Å²) in [4.78, 5) is 2.35. The highest BCUT2D eigenvalue weighted by molar-refractivity contribution is 6.01. The Labute approximate surface area is 176 Å². The number of likely N-dealkylation sites (tertiary alicyclic amines) is 1. The molecule has 2 aliphatic rings. The van der Waals surface area contributed by atoms with E-state index in [1.807, 2.05) is 42.5 Å². The number of aromatic hydroxyl groups is 1. The predicted molar refractivity (Wildman–Crippen MR) is 117 cm³/mol. The number of rotatable bonds is 7. The van der Waals surface area contributed by atoms with Crippen LogP contribution in [0.25, 0.3) is 21.9 Å². The molecule has 3 atom stereocenters. The van der Waals surface area contributed by atoms with Gasteiger partial charge in [0.15, 0.2) is 0 Å². The van der Waals surface area contributed by atoms with Gasteiger partial charge in [-0.15, -0.1) is 0 Å². The molecule has 156 valence electrons. The first-order chi connectivity index (χ1) is 14.6. The zero-order valence-corrected chi connectivity index (χ0v) is 17.1. The number of phenolic OH excluding ortho intramolecular Hbond substituents is 1. The Morgan fingerprint density at radius 3 is 2.53 bits per heavy atom. The summed E-state index contributed by atoms with van der Waals surface area (Å²) in [6, 6.07) is 17.0. The van der Waals surface area contributed by atoms with E-state index in [1.165, 1.54) is 6.42 Å². The number of nitrogens with zero attached hydrogens (tertiary/aromatic N) is 1. The zero-order chi connectivity index (χ0) is 20.7. The SMILES string of the molecule is COc1ccc(O)c(-c2ccc(OCC(O)CN3C[C@H]4C[C@H]4C3)c3ccccc23)c1. The van der Waals surface area contributed by atoms with E-state index in [0.29, 0.717) is 17.9 Å². The molecule has 1 saturated heterocycles. The molecule has 3 aromatic carbocycles. The van der Waals surface area contributed by atoms with E-state index in [2.05, 4.69) is 4.90 Å². The maximum Gasteiger partial charge on any atom is 0.127 e. The summed E-state index contributed by atoms with van der Waals surface area (Å²) in [5, 5.41) is 22.8. The quantitative estimate of drug-likeness (QED) is 0.624. The van der Waals surface area contributed by atoms with Gasteiger partial charge in [-0.2, -0.15) is 0 Å². The van der Waals surface area contributed by atoms with Crippen LogP contribution in [0.1, 0.15) is 6.42 Å². The van der Waals surface area contributed by atoms with E-state index in [0.717, 1.165) is 47.0 Å². The molecule has 30 heavy (non-hydrogen) atoms. The topological polar surface area (TPSA) is 62.2 Å². The van der Waals surface area contributed by atoms with Gasteiger partial charge in [-0.3, -0.25) is 0 Å². The summed E-state index contributed by atoms with van der Waals surface area (Å²) in [6.45, 7) is 3.16. The zero-order valence-electron chi connectivity index (χ0n) is 17.1. The molecule has 1 unspecified atom stereocenters. The fraction of sp³-hybridized carbons (Fsp3) is 0.360. The van der Waals surface area contributed by atoms with E-state index in [9.17, 15) is 10.2 Å². The average molecular weight is 405 g/mol. The van der Waals surface area contributed by atoms with Gasteiger partial charge in [0.2, 0.25) is 0 Å². The first kappa shape index (κ1) is 19.2. The Balaban J connectivity index is 1.37. The fourth-order valence-electron chi connectivity index (χ4n) is 4.67. The van der Waals surface area contributed by atoms with Crippen molar-refractivity contribution in [2.24, 2.45) is 11.8 Å². The normalized spacial score (nSPS) is 21.4. The maximum absolute atomic E-state index is 10.5. The molecule has 2 N–H and O–H groups in total. The Bertz CT molecular complexity index is 1060. The van der Waals surface area contributed by atoms with Gasteiger partial charge < -0.3 is 24.6 Å². The smallest absolute Gasteiger partial charge is 0.127 e. The van der Waals surface area contributed by atoms with Crippen LogP contribution >= 0.6 is 0 Å². The third kappa shape index (κ3) is 3.71. The lowest BCUT2D eigenvalue weighted by molar-refractivity contribution is 0.0729. The highest BCUT2D eigenvalue weighted by atomic mass is 16.5. The minimum absolute atomic E-state index is 0.203. The Kier molecular flexibility index (Phi) is 5.01. The largest absolute Gasteiger partial charge is 0.507 e. The number of hydrogen-bond donors (Lipinski definition) is 2. The van der Waals surface area contributed by atoms with Crippen LogP contribution in [0.3, 0.4) is 0 Å². The fourth-order valence-corrected chi connectivity index (χ4v) is 4.67. The first-order valence-corrected chi connectivity index (χ1v) is 10.5. The van der Waals surface area contributed by atoms with Gasteiger partial charge in [-0.05, 0) is 59.5 Å². The highest BCUT2D eigenvalue weighted by Gasteiger charge is 2.45. The summed E-state index contributed by atoms with van der Waals surface area (Å²) >= 11 is 0. The summed E-state index contributed by atoms with van der Waals surface area (Å²) in [7, 11) is 1.61. The molecule has 5 rings (SSSR count). The third-order valence-electron chi connectivity index (χ3n) is 6.33. The van der Waals surface area contributed by atoms with Gasteiger partial charge in [-0.25, -0.2) is 0 Å². The molecule has 3 aromatic rings. The van der Waals surface area contributed by atoms with Gasteiger partial charge in [0.05, 0.1) is 7.11 Å². The summed E-state index contributed by atoms with van der Waals surface area (Å²) in [5.74, 6) is 3.36. The second-order valence-corrected chi connectivity index (χ2v) is 8.48. The van der Waals surface area contributed by atoms with Crippen molar-refractivity contribution in [1.29, 1.82) is 0 Å². The second-order valence-electron chi connectivity index (χ2n) is 8.48. The van der Waals surface area contributed by atoms with Crippen LogP contribution in [0.5, 0.6) is 17.2 Å². The summed E-state index contributed by atoms with van der Waals surface area (Å²) in [5.41, 5.74) is 1.62. The summed E-state index contributed by atoms with van der Waals surface area (Å²) in [6.07, 6.45) is 0.855. The van der Waals surface area contributed by atoms with Crippen molar-refractivity contribution in [2.75, 3.05) is 33.4 Å². The number of fused-ring (bicyclic) bond motifs is 2. The molecule has 5 nitrogen and oxygen atoms in total. The third-order valence-corrected chi connectivity index (χ3v) is 6.33. The molecule has 0 amide bonds. The van der Waals surface area contributed by atoms with Crippen molar-refractivity contribution >= 4 is 10.8 Å². The van der Waals surface area contributed by atoms with Crippen LogP contribution in [0.15, 0.2) is 54.6 Å². The van der Waals surface area contributed by atoms with Crippen molar-refractivity contribution in [3.63, 3.8) is 0 Å². The molecule has 0 radical (unpaired) electrons. The van der Waals surface area contributed by atoms with Crippen LogP contribution in [-0.2, 0) is 0 Å². The number of benzene rings is 3. The molecule has 5 heteroatoms. The number of piperidine rings is 1. The molecule has 1 aliphatic carbocycles. The number of aliphatic hydroxyl groups is 1. The van der Waals surface area contributed by atoms with Crippen LogP contribution in [-0.4, -0.2) is 54.6 Å². The van der Waals surface area contributed by atoms with Crippen molar-refractivity contribution in [2.45, 2.75) is 12.5 Å². The first-order valence-electron chi connectivity index (χ1n) is 10.5. The number of hydrogen-bond acceptors (Lipinski definition) is 5. The van der Waals surface area contributed by atoms with E-state index < -0.39 is 6.10 Å². The maximum atomic E-state index is 10.5. The number of aliphatic hydroxyl groups excluding tert-OH is 1. The molecule has 1 heterocycles. The van der Waals surface area contributed by atoms with Gasteiger partial charge >= 0.3 is 0 Å². The molecule has 0 spiro atoms. The van der Waals surface area contributed by atoms with Crippen LogP contribution < -0.4 is 9.47 Å². The monoisotopic (exact) mass is 405 g/mol. The molecule has 2 fully saturated rings. The lowest BCUT2D eigenvalue weighted by Crippen LogP contribution is -2.35. The standard InChI is InChI=1S/C25H27NO4/c1-29-19-6-8-24(28)23(11-19)21-7-9-25(22-5-3-2-4-20(21)22)30-15-18(27)14-26-12-16-10-17(16)13-26/h2-9,11,16-18,27-28H,10,12-15H2,1H3/t16-,17+,18?.